The molecule has 0 atom stereocenters. The molecule has 0 saturated heterocycles. The Bertz CT molecular complexity index is 955. The topological polar surface area (TPSA) is 58.9 Å². The number of halogens is 6. The Morgan fingerprint density at radius 2 is 0.882 bits per heavy atom. The summed E-state index contributed by atoms with van der Waals surface area (Å²) in [5.41, 5.74) is 0. The number of hydrogen-bond donors (Lipinski definition) is 2. The zero-order chi connectivity index (χ0) is 25.3. The molecule has 4 nitrogen and oxygen atoms in total. The van der Waals surface area contributed by atoms with Gasteiger partial charge in [0.2, 0.25) is 0 Å². The fourth-order valence-corrected chi connectivity index (χ4v) is 4.70. The van der Waals surface area contributed by atoms with Gasteiger partial charge >= 0.3 is 33.0 Å². The Hall–Kier alpha value is -2.46. The van der Waals surface area contributed by atoms with Crippen LogP contribution >= 0.6 is 7.81 Å². The van der Waals surface area contributed by atoms with Crippen LogP contribution in [-0.2, 0) is 10.9 Å². The Balaban J connectivity index is 0.000000509. The predicted molar refractivity (Wildman–Crippen MR) is 120 cm³/mol. The molecular weight excluding hydrogens is 505 g/mol. The molecule has 0 amide bonds. The third-order valence-electron chi connectivity index (χ3n) is 3.82. The summed E-state index contributed by atoms with van der Waals surface area (Å²) >= 11 is 0. The third-order valence-corrected chi connectivity index (χ3v) is 6.05. The van der Waals surface area contributed by atoms with Crippen LogP contribution < -0.4 is 9.47 Å². The fraction of sp³-hybridized carbons (Fsp3) is 0.182. The van der Waals surface area contributed by atoms with Crippen molar-refractivity contribution in [2.75, 3.05) is 26.4 Å². The molecule has 3 rings (SSSR count). The summed E-state index contributed by atoms with van der Waals surface area (Å²) in [4.78, 5) is 3.59. The first-order valence-corrected chi connectivity index (χ1v) is 13.1. The Labute approximate surface area is 195 Å². The molecule has 188 valence electrons. The molecule has 0 aliphatic rings. The molecule has 0 bridgehead atoms. The monoisotopic (exact) mass is 528 g/mol. The SMILES string of the molecule is F[P-](F)(F)(F)(F)F.OCCOc1ccc([S+](c2ccccc2)c2ccc(OCCO)cc2)cc1. The minimum atomic E-state index is -10.7. The molecule has 0 radical (unpaired) electrons. The first-order chi connectivity index (χ1) is 15.8. The molecule has 0 heterocycles. The van der Waals surface area contributed by atoms with Crippen molar-refractivity contribution in [1.82, 2.24) is 0 Å². The number of aliphatic hydroxyl groups excluding tert-OH is 2. The van der Waals surface area contributed by atoms with Crippen LogP contribution in [0.5, 0.6) is 11.5 Å². The summed E-state index contributed by atoms with van der Waals surface area (Å²) < 4.78 is 70.1. The molecule has 0 unspecified atom stereocenters. The zero-order valence-corrected chi connectivity index (χ0v) is 19.4. The molecule has 12 heteroatoms. The largest absolute Gasteiger partial charge is 0.491 e. The van der Waals surface area contributed by atoms with Crippen LogP contribution in [0, 0.1) is 0 Å². The number of benzene rings is 3. The molecule has 3 aromatic carbocycles. The van der Waals surface area contributed by atoms with Crippen LogP contribution in [0.4, 0.5) is 25.2 Å². The van der Waals surface area contributed by atoms with Gasteiger partial charge < -0.3 is 19.7 Å². The predicted octanol–water partition coefficient (Wildman–Crippen LogP) is 6.91. The number of rotatable bonds is 9. The molecule has 0 fully saturated rings. The smallest absolute Gasteiger partial charge is 0.166 e. The van der Waals surface area contributed by atoms with Gasteiger partial charge in [-0.05, 0) is 60.7 Å². The summed E-state index contributed by atoms with van der Waals surface area (Å²) in [6, 6.07) is 26.4. The summed E-state index contributed by atoms with van der Waals surface area (Å²) in [6.07, 6.45) is 0. The van der Waals surface area contributed by atoms with Crippen LogP contribution in [-0.4, -0.2) is 36.6 Å². The minimum Gasteiger partial charge on any atom is -0.491 e. The fourth-order valence-electron chi connectivity index (χ4n) is 2.64. The Morgan fingerprint density at radius 3 is 1.21 bits per heavy atom. The van der Waals surface area contributed by atoms with Gasteiger partial charge in [-0.15, -0.1) is 0 Å². The molecule has 0 aliphatic heterocycles. The maximum atomic E-state index is 9.87. The maximum Gasteiger partial charge on any atom is 0.166 e. The molecular formula is C22H23F6O4PS. The van der Waals surface area contributed by atoms with Crippen LogP contribution in [0.2, 0.25) is 0 Å². The van der Waals surface area contributed by atoms with Crippen molar-refractivity contribution in [3.63, 3.8) is 0 Å². The normalized spacial score (nSPS) is 13.3. The Kier molecular flexibility index (Phi) is 8.87. The number of hydrogen-bond acceptors (Lipinski definition) is 4. The zero-order valence-electron chi connectivity index (χ0n) is 17.7. The van der Waals surface area contributed by atoms with Crippen molar-refractivity contribution in [2.24, 2.45) is 0 Å². The van der Waals surface area contributed by atoms with E-state index in [0.717, 1.165) is 11.5 Å². The van der Waals surface area contributed by atoms with E-state index in [2.05, 4.69) is 36.4 Å². The second kappa shape index (κ2) is 10.9. The van der Waals surface area contributed by atoms with Crippen LogP contribution in [0.15, 0.2) is 93.5 Å². The second-order valence-electron chi connectivity index (χ2n) is 6.66. The molecule has 0 saturated carbocycles. The van der Waals surface area contributed by atoms with E-state index in [0.29, 0.717) is 13.2 Å². The van der Waals surface area contributed by atoms with Gasteiger partial charge in [-0.3, -0.25) is 0 Å². The average Bonchev–Trinajstić information content (AvgIpc) is 2.77. The third kappa shape index (κ3) is 11.6. The number of ether oxygens (including phenoxy) is 2. The summed E-state index contributed by atoms with van der Waals surface area (Å²) in [5, 5.41) is 17.8. The minimum absolute atomic E-state index is 0.000836. The van der Waals surface area contributed by atoms with Gasteiger partial charge in [0.05, 0.1) is 24.1 Å². The van der Waals surface area contributed by atoms with Gasteiger partial charge in [0.15, 0.2) is 14.7 Å². The summed E-state index contributed by atoms with van der Waals surface area (Å²) in [7, 11) is -10.9. The summed E-state index contributed by atoms with van der Waals surface area (Å²) in [6.45, 7) is 0.583. The van der Waals surface area contributed by atoms with E-state index in [4.69, 9.17) is 19.7 Å². The van der Waals surface area contributed by atoms with E-state index < -0.39 is 7.81 Å². The van der Waals surface area contributed by atoms with Gasteiger partial charge in [-0.1, -0.05) is 18.2 Å². The van der Waals surface area contributed by atoms with E-state index in [1.165, 1.54) is 14.7 Å². The molecule has 34 heavy (non-hydrogen) atoms. The number of aliphatic hydroxyl groups is 2. The summed E-state index contributed by atoms with van der Waals surface area (Å²) in [5.74, 6) is 1.49. The van der Waals surface area contributed by atoms with Crippen molar-refractivity contribution < 1.29 is 44.9 Å². The van der Waals surface area contributed by atoms with Crippen molar-refractivity contribution in [3.05, 3.63) is 78.9 Å². The average molecular weight is 528 g/mol. The molecule has 3 aromatic rings. The first-order valence-electron chi connectivity index (χ1n) is 9.80. The standard InChI is InChI=1S/C22H23O4S.F6P/c23-14-16-25-18-6-10-21(11-7-18)27(20-4-2-1-3-5-20)22-12-8-19(9-13-22)26-17-15-24;1-7(2,3,4,5)6/h1-13,23-24H,14-17H2;/q+1;-1. The van der Waals surface area contributed by atoms with Crippen molar-refractivity contribution in [1.29, 1.82) is 0 Å². The molecule has 0 spiro atoms. The van der Waals surface area contributed by atoms with Crippen molar-refractivity contribution in [3.8, 4) is 11.5 Å². The van der Waals surface area contributed by atoms with Gasteiger partial charge in [0.1, 0.15) is 24.7 Å². The second-order valence-corrected chi connectivity index (χ2v) is 10.6. The van der Waals surface area contributed by atoms with Crippen LogP contribution in [0.3, 0.4) is 0 Å². The van der Waals surface area contributed by atoms with E-state index in [1.54, 1.807) is 0 Å². The van der Waals surface area contributed by atoms with Crippen LogP contribution in [0.25, 0.3) is 0 Å². The Morgan fingerprint density at radius 1 is 0.559 bits per heavy atom. The van der Waals surface area contributed by atoms with Crippen molar-refractivity contribution >= 4 is 18.7 Å². The van der Waals surface area contributed by atoms with Gasteiger partial charge in [0, 0.05) is 0 Å². The van der Waals surface area contributed by atoms with E-state index in [1.807, 2.05) is 42.5 Å². The molecule has 2 N–H and O–H groups in total. The first kappa shape index (κ1) is 27.8. The van der Waals surface area contributed by atoms with E-state index in [-0.39, 0.29) is 24.1 Å². The van der Waals surface area contributed by atoms with Crippen LogP contribution in [0.1, 0.15) is 0 Å². The van der Waals surface area contributed by atoms with Crippen molar-refractivity contribution in [2.45, 2.75) is 14.7 Å². The quantitative estimate of drug-likeness (QED) is 0.180. The van der Waals surface area contributed by atoms with E-state index in [9.17, 15) is 25.2 Å². The van der Waals surface area contributed by atoms with Gasteiger partial charge in [-0.2, -0.15) is 0 Å². The van der Waals surface area contributed by atoms with Gasteiger partial charge in [0.25, 0.3) is 0 Å². The molecule has 0 aromatic heterocycles. The van der Waals surface area contributed by atoms with Gasteiger partial charge in [-0.25, -0.2) is 0 Å². The van der Waals surface area contributed by atoms with E-state index >= 15 is 0 Å². The molecule has 0 aliphatic carbocycles. The maximum absolute atomic E-state index is 10.7.